The average molecular weight is 537 g/mol. The van der Waals surface area contributed by atoms with Gasteiger partial charge in [0.05, 0.1) is 36.9 Å². The van der Waals surface area contributed by atoms with Crippen LogP contribution in [0.4, 0.5) is 11.6 Å². The van der Waals surface area contributed by atoms with Crippen molar-refractivity contribution in [3.05, 3.63) is 66.2 Å². The van der Waals surface area contributed by atoms with Gasteiger partial charge in [-0.15, -0.1) is 5.10 Å². The summed E-state index contributed by atoms with van der Waals surface area (Å²) in [6.45, 7) is 3.16. The van der Waals surface area contributed by atoms with Crippen LogP contribution in [0.5, 0.6) is 11.5 Å². The molecule has 0 radical (unpaired) electrons. The van der Waals surface area contributed by atoms with E-state index in [-0.39, 0.29) is 17.9 Å². The number of methoxy groups -OCH3 is 1. The van der Waals surface area contributed by atoms with Gasteiger partial charge < -0.3 is 19.7 Å². The molecule has 0 unspecified atom stereocenters. The number of nitrogens with one attached hydrogen (secondary N) is 1. The molecule has 13 heteroatoms. The van der Waals surface area contributed by atoms with Crippen molar-refractivity contribution in [2.24, 2.45) is 5.92 Å². The van der Waals surface area contributed by atoms with Gasteiger partial charge in [0.15, 0.2) is 0 Å². The zero-order valence-electron chi connectivity index (χ0n) is 21.7. The highest BCUT2D eigenvalue weighted by Gasteiger charge is 2.31. The SMILES string of the molecule is COc1cc(C(=O)N2CC(C#N)C2)ccc1Nc1ncc(-c2ccc(C#N)c(O[C@@H](C)Cn3cnnn3)c2)cn1. The minimum atomic E-state index is -0.286. The van der Waals surface area contributed by atoms with E-state index in [1.807, 2.05) is 6.92 Å². The first-order chi connectivity index (χ1) is 19.5. The van der Waals surface area contributed by atoms with Gasteiger partial charge in [-0.3, -0.25) is 4.79 Å². The molecule has 200 valence electrons. The Balaban J connectivity index is 1.28. The molecule has 1 atom stereocenters. The standard InChI is InChI=1S/C27H24N10O3/c1-17(13-37-16-32-34-35-37)40-24-7-19(3-4-21(24)10-29)22-11-30-27(31-12-22)33-23-6-5-20(8-25(23)39-2)26(38)36-14-18(9-28)15-36/h3-8,11-12,16-18H,13-15H2,1-2H3,(H,30,31,33)/t17-/m0/s1. The molecule has 5 rings (SSSR count). The fourth-order valence-corrected chi connectivity index (χ4v) is 4.17. The first kappa shape index (κ1) is 26.1. The summed E-state index contributed by atoms with van der Waals surface area (Å²) in [7, 11) is 1.52. The van der Waals surface area contributed by atoms with Gasteiger partial charge in [-0.25, -0.2) is 14.6 Å². The summed E-state index contributed by atoms with van der Waals surface area (Å²) >= 11 is 0. The van der Waals surface area contributed by atoms with Gasteiger partial charge in [0.1, 0.15) is 30.0 Å². The maximum absolute atomic E-state index is 12.7. The van der Waals surface area contributed by atoms with E-state index < -0.39 is 0 Å². The van der Waals surface area contributed by atoms with Crippen molar-refractivity contribution in [1.82, 2.24) is 35.1 Å². The molecule has 1 saturated heterocycles. The van der Waals surface area contributed by atoms with Crippen molar-refractivity contribution in [2.75, 3.05) is 25.5 Å². The second kappa shape index (κ2) is 11.4. The lowest BCUT2D eigenvalue weighted by Crippen LogP contribution is -2.49. The van der Waals surface area contributed by atoms with Crippen molar-refractivity contribution in [3.8, 4) is 34.8 Å². The van der Waals surface area contributed by atoms with E-state index in [1.165, 1.54) is 13.4 Å². The Hall–Kier alpha value is -5.56. The normalized spacial score (nSPS) is 13.4. The monoisotopic (exact) mass is 536 g/mol. The maximum Gasteiger partial charge on any atom is 0.254 e. The third-order valence-corrected chi connectivity index (χ3v) is 6.30. The molecule has 1 N–H and O–H groups in total. The maximum atomic E-state index is 12.7. The van der Waals surface area contributed by atoms with Crippen LogP contribution in [0, 0.1) is 28.6 Å². The predicted octanol–water partition coefficient (Wildman–Crippen LogP) is 2.82. The lowest BCUT2D eigenvalue weighted by molar-refractivity contribution is 0.0577. The number of carbonyl (C=O) groups is 1. The smallest absolute Gasteiger partial charge is 0.254 e. The van der Waals surface area contributed by atoms with Crippen LogP contribution in [0.2, 0.25) is 0 Å². The zero-order valence-corrected chi connectivity index (χ0v) is 21.7. The van der Waals surface area contributed by atoms with E-state index in [0.717, 1.165) is 11.1 Å². The van der Waals surface area contributed by atoms with E-state index in [4.69, 9.17) is 14.7 Å². The molecule has 3 heterocycles. The molecule has 0 spiro atoms. The van der Waals surface area contributed by atoms with Gasteiger partial charge >= 0.3 is 0 Å². The second-order valence-corrected chi connectivity index (χ2v) is 9.15. The van der Waals surface area contributed by atoms with E-state index in [0.29, 0.717) is 53.9 Å². The molecule has 1 fully saturated rings. The Morgan fingerprint density at radius 2 is 1.93 bits per heavy atom. The quantitative estimate of drug-likeness (QED) is 0.334. The number of anilines is 2. The minimum Gasteiger partial charge on any atom is -0.495 e. The number of ether oxygens (including phenoxy) is 2. The number of amides is 1. The largest absolute Gasteiger partial charge is 0.495 e. The van der Waals surface area contributed by atoms with Crippen molar-refractivity contribution in [3.63, 3.8) is 0 Å². The molecule has 13 nitrogen and oxygen atoms in total. The number of carbonyl (C=O) groups excluding carboxylic acids is 1. The average Bonchev–Trinajstić information content (AvgIpc) is 3.46. The summed E-state index contributed by atoms with van der Waals surface area (Å²) in [5.74, 6) is 0.972. The molecule has 2 aromatic heterocycles. The molecule has 1 amide bonds. The number of nitriles is 2. The van der Waals surface area contributed by atoms with Crippen molar-refractivity contribution in [2.45, 2.75) is 19.6 Å². The van der Waals surface area contributed by atoms with Crippen LogP contribution in [0.3, 0.4) is 0 Å². The van der Waals surface area contributed by atoms with Gasteiger partial charge in [-0.1, -0.05) is 6.07 Å². The summed E-state index contributed by atoms with van der Waals surface area (Å²) in [5, 5.41) is 32.7. The van der Waals surface area contributed by atoms with Crippen molar-refractivity contribution in [1.29, 1.82) is 10.5 Å². The highest BCUT2D eigenvalue weighted by atomic mass is 16.5. The van der Waals surface area contributed by atoms with Crippen LogP contribution in [0.1, 0.15) is 22.8 Å². The first-order valence-electron chi connectivity index (χ1n) is 12.4. The Morgan fingerprint density at radius 3 is 2.60 bits per heavy atom. The number of aromatic nitrogens is 6. The Kier molecular flexibility index (Phi) is 7.46. The molecule has 1 aliphatic heterocycles. The van der Waals surface area contributed by atoms with E-state index in [2.05, 4.69) is 42.9 Å². The number of likely N-dealkylation sites (tertiary alicyclic amines) is 1. The molecule has 0 bridgehead atoms. The molecule has 4 aromatic rings. The minimum absolute atomic E-state index is 0.109. The fraction of sp³-hybridized carbons (Fsp3) is 0.259. The topological polar surface area (TPSA) is 168 Å². The number of benzene rings is 2. The highest BCUT2D eigenvalue weighted by Crippen LogP contribution is 2.31. The van der Waals surface area contributed by atoms with E-state index >= 15 is 0 Å². The molecule has 0 aliphatic carbocycles. The van der Waals surface area contributed by atoms with Crippen molar-refractivity contribution < 1.29 is 14.3 Å². The second-order valence-electron chi connectivity index (χ2n) is 9.15. The number of rotatable bonds is 9. The molecular weight excluding hydrogens is 512 g/mol. The summed E-state index contributed by atoms with van der Waals surface area (Å²) in [5.41, 5.74) is 2.98. The van der Waals surface area contributed by atoms with Crippen LogP contribution >= 0.6 is 0 Å². The molecule has 1 aliphatic rings. The molecule has 0 saturated carbocycles. The predicted molar refractivity (Wildman–Crippen MR) is 141 cm³/mol. The number of tetrazole rings is 1. The van der Waals surface area contributed by atoms with Crippen LogP contribution in [-0.2, 0) is 6.54 Å². The number of hydrogen-bond donors (Lipinski definition) is 1. The van der Waals surface area contributed by atoms with Crippen LogP contribution in [-0.4, -0.2) is 67.3 Å². The first-order valence-corrected chi connectivity index (χ1v) is 12.4. The van der Waals surface area contributed by atoms with Gasteiger partial charge in [0, 0.05) is 36.6 Å². The van der Waals surface area contributed by atoms with Gasteiger partial charge in [0.25, 0.3) is 5.91 Å². The Morgan fingerprint density at radius 1 is 1.12 bits per heavy atom. The van der Waals surface area contributed by atoms with E-state index in [9.17, 15) is 10.1 Å². The Bertz CT molecular complexity index is 1590. The van der Waals surface area contributed by atoms with Crippen molar-refractivity contribution >= 4 is 17.5 Å². The van der Waals surface area contributed by atoms with Crippen LogP contribution in [0.25, 0.3) is 11.1 Å². The highest BCUT2D eigenvalue weighted by molar-refractivity contribution is 5.96. The molecule has 40 heavy (non-hydrogen) atoms. The third kappa shape index (κ3) is 5.63. The van der Waals surface area contributed by atoms with Gasteiger partial charge in [-0.2, -0.15) is 10.5 Å². The molecule has 2 aromatic carbocycles. The van der Waals surface area contributed by atoms with Gasteiger partial charge in [-0.05, 0) is 53.2 Å². The number of nitrogens with zero attached hydrogens (tertiary/aromatic N) is 9. The fourth-order valence-electron chi connectivity index (χ4n) is 4.17. The summed E-state index contributed by atoms with van der Waals surface area (Å²) in [4.78, 5) is 23.1. The summed E-state index contributed by atoms with van der Waals surface area (Å²) in [6.07, 6.45) is 4.53. The number of hydrogen-bond acceptors (Lipinski definition) is 11. The van der Waals surface area contributed by atoms with Gasteiger partial charge in [0.2, 0.25) is 5.95 Å². The third-order valence-electron chi connectivity index (χ3n) is 6.30. The lowest BCUT2D eigenvalue weighted by atomic mass is 10.0. The van der Waals surface area contributed by atoms with Crippen LogP contribution in [0.15, 0.2) is 55.1 Å². The van der Waals surface area contributed by atoms with E-state index in [1.54, 1.807) is 58.4 Å². The molecular formula is C27H24N10O3. The van der Waals surface area contributed by atoms with Crippen LogP contribution < -0.4 is 14.8 Å². The lowest BCUT2D eigenvalue weighted by Gasteiger charge is -2.35. The zero-order chi connectivity index (χ0) is 28.1. The Labute approximate surface area is 229 Å². The summed E-state index contributed by atoms with van der Waals surface area (Å²) < 4.78 is 13.1. The summed E-state index contributed by atoms with van der Waals surface area (Å²) in [6, 6.07) is 14.7.